The van der Waals surface area contributed by atoms with Crippen molar-refractivity contribution in [3.05, 3.63) is 34.9 Å². The first kappa shape index (κ1) is 16.1. The first-order chi connectivity index (χ1) is 9.10. The second-order valence-corrected chi connectivity index (χ2v) is 5.08. The van der Waals surface area contributed by atoms with Crippen LogP contribution in [0.25, 0.3) is 0 Å². The van der Waals surface area contributed by atoms with Crippen molar-refractivity contribution in [2.75, 3.05) is 6.54 Å². The Bertz CT molecular complexity index is 391. The van der Waals surface area contributed by atoms with Gasteiger partial charge in [0.1, 0.15) is 11.6 Å². The van der Waals surface area contributed by atoms with Gasteiger partial charge in [-0.15, -0.1) is 0 Å². The molecule has 0 aliphatic carbocycles. The summed E-state index contributed by atoms with van der Waals surface area (Å²) in [5.41, 5.74) is 0.823. The quantitative estimate of drug-likeness (QED) is 0.662. The van der Waals surface area contributed by atoms with Crippen molar-refractivity contribution in [3.8, 4) is 0 Å². The van der Waals surface area contributed by atoms with Crippen LogP contribution in [0.4, 0.5) is 8.78 Å². The fourth-order valence-electron chi connectivity index (χ4n) is 2.32. The minimum absolute atomic E-state index is 0.0862. The Kier molecular flexibility index (Phi) is 7.00. The summed E-state index contributed by atoms with van der Waals surface area (Å²) in [5, 5.41) is 3.26. The fourth-order valence-corrected chi connectivity index (χ4v) is 2.32. The minimum atomic E-state index is -0.326. The highest BCUT2D eigenvalue weighted by atomic mass is 19.1. The van der Waals surface area contributed by atoms with Crippen LogP contribution in [-0.4, -0.2) is 6.54 Å². The Labute approximate surface area is 115 Å². The van der Waals surface area contributed by atoms with Crippen LogP contribution in [0.5, 0.6) is 0 Å². The molecule has 19 heavy (non-hydrogen) atoms. The summed E-state index contributed by atoms with van der Waals surface area (Å²) in [7, 11) is 0. The number of nitrogens with one attached hydrogen (secondary N) is 1. The number of hydrogen-bond donors (Lipinski definition) is 1. The molecule has 1 aromatic rings. The molecule has 108 valence electrons. The van der Waals surface area contributed by atoms with E-state index in [-0.39, 0.29) is 17.7 Å². The van der Waals surface area contributed by atoms with Crippen molar-refractivity contribution in [1.29, 1.82) is 0 Å². The van der Waals surface area contributed by atoms with E-state index in [1.165, 1.54) is 25.0 Å². The molecule has 0 radical (unpaired) electrons. The molecule has 0 spiro atoms. The van der Waals surface area contributed by atoms with Crippen molar-refractivity contribution in [3.63, 3.8) is 0 Å². The van der Waals surface area contributed by atoms with Crippen molar-refractivity contribution < 1.29 is 8.78 Å². The third kappa shape index (κ3) is 4.90. The third-order valence-electron chi connectivity index (χ3n) is 3.45. The average molecular weight is 269 g/mol. The molecule has 0 amide bonds. The summed E-state index contributed by atoms with van der Waals surface area (Å²) in [5.74, 6) is -0.631. The van der Waals surface area contributed by atoms with Crippen LogP contribution in [0.15, 0.2) is 12.1 Å². The Morgan fingerprint density at radius 1 is 1.05 bits per heavy atom. The monoisotopic (exact) mass is 269 g/mol. The maximum atomic E-state index is 14.0. The average Bonchev–Trinajstić information content (AvgIpc) is 2.38. The molecule has 1 aromatic carbocycles. The molecule has 1 nitrogen and oxygen atoms in total. The summed E-state index contributed by atoms with van der Waals surface area (Å²) in [6.45, 7) is 6.50. The zero-order valence-electron chi connectivity index (χ0n) is 12.2. The lowest BCUT2D eigenvalue weighted by molar-refractivity contribution is 0.456. The van der Waals surface area contributed by atoms with Crippen LogP contribution < -0.4 is 5.32 Å². The van der Waals surface area contributed by atoms with E-state index in [9.17, 15) is 8.78 Å². The van der Waals surface area contributed by atoms with E-state index in [2.05, 4.69) is 12.2 Å². The van der Waals surface area contributed by atoms with Crippen LogP contribution in [0.2, 0.25) is 0 Å². The fraction of sp³-hybridized carbons (Fsp3) is 0.625. The Morgan fingerprint density at radius 2 is 1.79 bits per heavy atom. The van der Waals surface area contributed by atoms with Gasteiger partial charge in [-0.05, 0) is 37.6 Å². The van der Waals surface area contributed by atoms with E-state index in [0.29, 0.717) is 11.1 Å². The van der Waals surface area contributed by atoms with Gasteiger partial charge < -0.3 is 5.32 Å². The first-order valence-electron chi connectivity index (χ1n) is 7.29. The molecule has 0 aromatic heterocycles. The highest BCUT2D eigenvalue weighted by Crippen LogP contribution is 2.25. The summed E-state index contributed by atoms with van der Waals surface area (Å²) in [4.78, 5) is 0. The number of benzene rings is 1. The standard InChI is InChI=1S/C16H25F2N/c1-4-6-7-8-9-16(19-5-2)13-11-14(17)12(3)10-15(13)18/h10-11,16,19H,4-9H2,1-3H3. The molecule has 0 heterocycles. The van der Waals surface area contributed by atoms with Gasteiger partial charge >= 0.3 is 0 Å². The molecule has 1 atom stereocenters. The summed E-state index contributed by atoms with van der Waals surface area (Å²) in [6, 6.07) is 2.55. The second kappa shape index (κ2) is 8.26. The lowest BCUT2D eigenvalue weighted by atomic mass is 9.98. The highest BCUT2D eigenvalue weighted by Gasteiger charge is 2.16. The predicted octanol–water partition coefficient (Wildman–Crippen LogP) is 4.89. The Balaban J connectivity index is 2.77. The zero-order valence-corrected chi connectivity index (χ0v) is 12.2. The smallest absolute Gasteiger partial charge is 0.128 e. The summed E-state index contributed by atoms with van der Waals surface area (Å²) in [6.07, 6.45) is 5.42. The highest BCUT2D eigenvalue weighted by molar-refractivity contribution is 5.27. The number of halogens is 2. The van der Waals surface area contributed by atoms with E-state index in [1.807, 2.05) is 6.92 Å². The van der Waals surface area contributed by atoms with Crippen molar-refractivity contribution >= 4 is 0 Å². The molecule has 1 rings (SSSR count). The predicted molar refractivity (Wildman–Crippen MR) is 76.3 cm³/mol. The van der Waals surface area contributed by atoms with Gasteiger partial charge in [0.15, 0.2) is 0 Å². The SMILES string of the molecule is CCCCCCC(NCC)c1cc(F)c(C)cc1F. The first-order valence-corrected chi connectivity index (χ1v) is 7.29. The molecular weight excluding hydrogens is 244 g/mol. The van der Waals surface area contributed by atoms with Crippen LogP contribution in [0.1, 0.15) is 63.1 Å². The zero-order chi connectivity index (χ0) is 14.3. The lowest BCUT2D eigenvalue weighted by Gasteiger charge is -2.19. The molecule has 0 saturated heterocycles. The van der Waals surface area contributed by atoms with Crippen LogP contribution in [0, 0.1) is 18.6 Å². The molecular formula is C16H25F2N. The molecule has 0 aliphatic heterocycles. The van der Waals surface area contributed by atoms with E-state index in [0.717, 1.165) is 25.8 Å². The van der Waals surface area contributed by atoms with Gasteiger partial charge in [-0.3, -0.25) is 0 Å². The maximum absolute atomic E-state index is 14.0. The molecule has 0 fully saturated rings. The van der Waals surface area contributed by atoms with Gasteiger partial charge in [-0.2, -0.15) is 0 Å². The maximum Gasteiger partial charge on any atom is 0.128 e. The molecule has 1 unspecified atom stereocenters. The lowest BCUT2D eigenvalue weighted by Crippen LogP contribution is -2.22. The van der Waals surface area contributed by atoms with Gasteiger partial charge in [0.2, 0.25) is 0 Å². The van der Waals surface area contributed by atoms with Crippen molar-refractivity contribution in [2.45, 2.75) is 58.9 Å². The molecule has 1 N–H and O–H groups in total. The summed E-state index contributed by atoms with van der Waals surface area (Å²) < 4.78 is 27.6. The van der Waals surface area contributed by atoms with Gasteiger partial charge in [-0.25, -0.2) is 8.78 Å². The van der Waals surface area contributed by atoms with Gasteiger partial charge in [0.05, 0.1) is 0 Å². The largest absolute Gasteiger partial charge is 0.310 e. The van der Waals surface area contributed by atoms with Crippen molar-refractivity contribution in [1.82, 2.24) is 5.32 Å². The topological polar surface area (TPSA) is 12.0 Å². The van der Waals surface area contributed by atoms with Crippen LogP contribution >= 0.6 is 0 Å². The van der Waals surface area contributed by atoms with E-state index in [1.54, 1.807) is 6.92 Å². The van der Waals surface area contributed by atoms with Crippen LogP contribution in [-0.2, 0) is 0 Å². The summed E-state index contributed by atoms with van der Waals surface area (Å²) >= 11 is 0. The van der Waals surface area contributed by atoms with Gasteiger partial charge in [-0.1, -0.05) is 39.5 Å². The number of aryl methyl sites for hydroxylation is 1. The minimum Gasteiger partial charge on any atom is -0.310 e. The number of hydrogen-bond acceptors (Lipinski definition) is 1. The normalized spacial score (nSPS) is 12.7. The molecule has 0 bridgehead atoms. The van der Waals surface area contributed by atoms with E-state index < -0.39 is 0 Å². The van der Waals surface area contributed by atoms with E-state index >= 15 is 0 Å². The Hall–Kier alpha value is -0.960. The van der Waals surface area contributed by atoms with Gasteiger partial charge in [0.25, 0.3) is 0 Å². The van der Waals surface area contributed by atoms with Crippen LogP contribution in [0.3, 0.4) is 0 Å². The number of unbranched alkanes of at least 4 members (excludes halogenated alkanes) is 3. The molecule has 0 aliphatic rings. The number of rotatable bonds is 8. The molecule has 3 heteroatoms. The molecule has 0 saturated carbocycles. The van der Waals surface area contributed by atoms with Crippen molar-refractivity contribution in [2.24, 2.45) is 0 Å². The van der Waals surface area contributed by atoms with E-state index in [4.69, 9.17) is 0 Å². The second-order valence-electron chi connectivity index (χ2n) is 5.08. The Morgan fingerprint density at radius 3 is 2.42 bits per heavy atom. The van der Waals surface area contributed by atoms with Gasteiger partial charge in [0, 0.05) is 11.6 Å². The third-order valence-corrected chi connectivity index (χ3v) is 3.45.